The molecule has 114 valence electrons. The lowest BCUT2D eigenvalue weighted by atomic mass is 10.1. The molecular weight excluding hydrogens is 288 g/mol. The predicted octanol–water partition coefficient (Wildman–Crippen LogP) is 4.86. The number of nitrogens with zero attached hydrogens (tertiary/aromatic N) is 2. The zero-order valence-electron chi connectivity index (χ0n) is 12.6. The SMILES string of the molecule is CN(CCCCc1nc(CCl)cs1)C1CCCCCC1. The lowest BCUT2D eigenvalue weighted by molar-refractivity contribution is 0.217. The second-order valence-electron chi connectivity index (χ2n) is 5.95. The molecule has 0 amide bonds. The number of thiazole rings is 1. The van der Waals surface area contributed by atoms with E-state index in [2.05, 4.69) is 22.3 Å². The van der Waals surface area contributed by atoms with E-state index in [1.165, 1.54) is 62.9 Å². The Morgan fingerprint density at radius 2 is 2.00 bits per heavy atom. The zero-order chi connectivity index (χ0) is 14.2. The standard InChI is InChI=1S/C16H27ClN2S/c1-19(15-8-4-2-3-5-9-15)11-7-6-10-16-18-14(12-17)13-20-16/h13,15H,2-12H2,1H3. The second kappa shape index (κ2) is 9.01. The first-order valence-electron chi connectivity index (χ1n) is 7.99. The smallest absolute Gasteiger partial charge is 0.0928 e. The molecular formula is C16H27ClN2S. The van der Waals surface area contributed by atoms with Crippen molar-refractivity contribution in [3.8, 4) is 0 Å². The van der Waals surface area contributed by atoms with Crippen molar-refractivity contribution in [2.75, 3.05) is 13.6 Å². The summed E-state index contributed by atoms with van der Waals surface area (Å²) in [7, 11) is 2.31. The van der Waals surface area contributed by atoms with E-state index in [1.54, 1.807) is 11.3 Å². The van der Waals surface area contributed by atoms with E-state index in [1.807, 2.05) is 0 Å². The number of aromatic nitrogens is 1. The average Bonchev–Trinajstić information content (AvgIpc) is 2.75. The van der Waals surface area contributed by atoms with Gasteiger partial charge >= 0.3 is 0 Å². The van der Waals surface area contributed by atoms with Gasteiger partial charge in [0.25, 0.3) is 0 Å². The maximum absolute atomic E-state index is 5.78. The van der Waals surface area contributed by atoms with Crippen LogP contribution in [0.3, 0.4) is 0 Å². The molecule has 0 N–H and O–H groups in total. The fraction of sp³-hybridized carbons (Fsp3) is 0.812. The summed E-state index contributed by atoms with van der Waals surface area (Å²) in [5, 5.41) is 3.33. The molecule has 1 aromatic heterocycles. The molecule has 1 heterocycles. The third kappa shape index (κ3) is 5.34. The highest BCUT2D eigenvalue weighted by atomic mass is 35.5. The molecule has 1 saturated carbocycles. The number of aryl methyl sites for hydroxylation is 1. The van der Waals surface area contributed by atoms with Crippen molar-refractivity contribution < 1.29 is 0 Å². The lowest BCUT2D eigenvalue weighted by Crippen LogP contribution is -2.32. The highest BCUT2D eigenvalue weighted by Gasteiger charge is 2.16. The number of alkyl halides is 1. The number of unbranched alkanes of at least 4 members (excludes halogenated alkanes) is 1. The molecule has 4 heteroatoms. The molecule has 0 unspecified atom stereocenters. The molecule has 2 rings (SSSR count). The van der Waals surface area contributed by atoms with Gasteiger partial charge in [-0.3, -0.25) is 0 Å². The highest BCUT2D eigenvalue weighted by molar-refractivity contribution is 7.09. The van der Waals surface area contributed by atoms with Crippen molar-refractivity contribution in [2.45, 2.75) is 69.7 Å². The molecule has 20 heavy (non-hydrogen) atoms. The monoisotopic (exact) mass is 314 g/mol. The molecule has 0 bridgehead atoms. The maximum atomic E-state index is 5.78. The van der Waals surface area contributed by atoms with Crippen LogP contribution >= 0.6 is 22.9 Å². The van der Waals surface area contributed by atoms with Gasteiger partial charge in [0.2, 0.25) is 0 Å². The Morgan fingerprint density at radius 1 is 1.25 bits per heavy atom. The Hall–Kier alpha value is -0.120. The molecule has 0 atom stereocenters. The highest BCUT2D eigenvalue weighted by Crippen LogP contribution is 2.21. The Labute approximate surface area is 132 Å². The summed E-state index contributed by atoms with van der Waals surface area (Å²) >= 11 is 7.53. The zero-order valence-corrected chi connectivity index (χ0v) is 14.2. The van der Waals surface area contributed by atoms with Crippen molar-refractivity contribution in [3.05, 3.63) is 16.1 Å². The lowest BCUT2D eigenvalue weighted by Gasteiger charge is -2.26. The Bertz CT molecular complexity index is 372. The van der Waals surface area contributed by atoms with E-state index in [0.29, 0.717) is 5.88 Å². The van der Waals surface area contributed by atoms with E-state index in [4.69, 9.17) is 11.6 Å². The first-order chi connectivity index (χ1) is 9.79. The van der Waals surface area contributed by atoms with E-state index in [9.17, 15) is 0 Å². The third-order valence-electron chi connectivity index (χ3n) is 4.34. The normalized spacial score (nSPS) is 17.6. The van der Waals surface area contributed by atoms with E-state index in [-0.39, 0.29) is 0 Å². The van der Waals surface area contributed by atoms with E-state index in [0.717, 1.165) is 18.2 Å². The molecule has 1 aliphatic carbocycles. The van der Waals surface area contributed by atoms with Crippen LogP contribution in [0.2, 0.25) is 0 Å². The van der Waals surface area contributed by atoms with Crippen LogP contribution in [0.5, 0.6) is 0 Å². The van der Waals surface area contributed by atoms with E-state index < -0.39 is 0 Å². The molecule has 0 aromatic carbocycles. The fourth-order valence-electron chi connectivity index (χ4n) is 3.04. The van der Waals surface area contributed by atoms with Gasteiger partial charge in [-0.2, -0.15) is 0 Å². The van der Waals surface area contributed by atoms with Crippen molar-refractivity contribution in [1.29, 1.82) is 0 Å². The van der Waals surface area contributed by atoms with Crippen molar-refractivity contribution in [3.63, 3.8) is 0 Å². The molecule has 2 nitrogen and oxygen atoms in total. The molecule has 1 fully saturated rings. The van der Waals surface area contributed by atoms with Crippen LogP contribution in [0.15, 0.2) is 5.38 Å². The van der Waals surface area contributed by atoms with Crippen LogP contribution in [0.4, 0.5) is 0 Å². The van der Waals surface area contributed by atoms with Crippen LogP contribution in [-0.2, 0) is 12.3 Å². The van der Waals surface area contributed by atoms with Gasteiger partial charge in [-0.25, -0.2) is 4.98 Å². The molecule has 1 aliphatic rings. The minimum Gasteiger partial charge on any atom is -0.303 e. The summed E-state index contributed by atoms with van der Waals surface area (Å²) in [5.74, 6) is 0.543. The first kappa shape index (κ1) is 16.3. The summed E-state index contributed by atoms with van der Waals surface area (Å²) < 4.78 is 0. The summed E-state index contributed by atoms with van der Waals surface area (Å²) in [4.78, 5) is 7.12. The molecule has 0 spiro atoms. The number of rotatable bonds is 7. The van der Waals surface area contributed by atoms with Crippen LogP contribution in [0, 0.1) is 0 Å². The average molecular weight is 315 g/mol. The van der Waals surface area contributed by atoms with Gasteiger partial charge in [0, 0.05) is 11.4 Å². The number of hydrogen-bond acceptors (Lipinski definition) is 3. The van der Waals surface area contributed by atoms with Crippen molar-refractivity contribution in [1.82, 2.24) is 9.88 Å². The van der Waals surface area contributed by atoms with Gasteiger partial charge in [-0.1, -0.05) is 25.7 Å². The predicted molar refractivity (Wildman–Crippen MR) is 88.7 cm³/mol. The fourth-order valence-corrected chi connectivity index (χ4v) is 4.11. The van der Waals surface area contributed by atoms with Crippen molar-refractivity contribution >= 4 is 22.9 Å². The summed E-state index contributed by atoms with van der Waals surface area (Å²) in [6.45, 7) is 1.23. The van der Waals surface area contributed by atoms with Crippen LogP contribution in [-0.4, -0.2) is 29.5 Å². The molecule has 0 radical (unpaired) electrons. The van der Waals surface area contributed by atoms with Gasteiger partial charge in [0.1, 0.15) is 0 Å². The largest absolute Gasteiger partial charge is 0.303 e. The summed E-state index contributed by atoms with van der Waals surface area (Å²) in [6.07, 6.45) is 12.2. The summed E-state index contributed by atoms with van der Waals surface area (Å²) in [6, 6.07) is 0.834. The summed E-state index contributed by atoms with van der Waals surface area (Å²) in [5.41, 5.74) is 1.03. The Kier molecular flexibility index (Phi) is 7.32. The molecule has 0 saturated heterocycles. The number of halogens is 1. The van der Waals surface area contributed by atoms with Crippen LogP contribution in [0.25, 0.3) is 0 Å². The van der Waals surface area contributed by atoms with Gasteiger partial charge < -0.3 is 4.90 Å². The van der Waals surface area contributed by atoms with Gasteiger partial charge in [0.05, 0.1) is 16.6 Å². The quantitative estimate of drug-likeness (QED) is 0.406. The topological polar surface area (TPSA) is 16.1 Å². The van der Waals surface area contributed by atoms with Gasteiger partial charge in [-0.15, -0.1) is 22.9 Å². The second-order valence-corrected chi connectivity index (χ2v) is 7.16. The molecule has 0 aliphatic heterocycles. The maximum Gasteiger partial charge on any atom is 0.0928 e. The first-order valence-corrected chi connectivity index (χ1v) is 9.40. The van der Waals surface area contributed by atoms with Crippen molar-refractivity contribution in [2.24, 2.45) is 0 Å². The minimum atomic E-state index is 0.543. The third-order valence-corrected chi connectivity index (χ3v) is 5.57. The van der Waals surface area contributed by atoms with Gasteiger partial charge in [-0.05, 0) is 45.7 Å². The number of hydrogen-bond donors (Lipinski definition) is 0. The van der Waals surface area contributed by atoms with E-state index >= 15 is 0 Å². The Balaban J connectivity index is 1.62. The van der Waals surface area contributed by atoms with Crippen LogP contribution < -0.4 is 0 Å². The minimum absolute atomic E-state index is 0.543. The molecule has 1 aromatic rings. The Morgan fingerprint density at radius 3 is 2.65 bits per heavy atom. The van der Waals surface area contributed by atoms with Crippen LogP contribution in [0.1, 0.15) is 62.1 Å². The van der Waals surface area contributed by atoms with Gasteiger partial charge in [0.15, 0.2) is 0 Å².